The fourth-order valence-electron chi connectivity index (χ4n) is 10.1. The number of unbranched alkanes of at least 4 members (excludes halogenated alkanes) is 2. The average Bonchev–Trinajstić information content (AvgIpc) is 1.71. The van der Waals surface area contributed by atoms with Crippen LogP contribution in [-0.2, 0) is 110 Å². The second-order valence-electron chi connectivity index (χ2n) is 23.7. The molecule has 0 saturated carbocycles. The Morgan fingerprint density at radius 2 is 0.806 bits per heavy atom. The topological polar surface area (TPSA) is 435 Å². The van der Waals surface area contributed by atoms with Gasteiger partial charge in [-0.25, -0.2) is 0 Å². The summed E-state index contributed by atoms with van der Waals surface area (Å²) in [5.41, 5.74) is 0. The molecule has 0 bridgehead atoms. The Kier molecular flexibility index (Phi) is 47.9. The van der Waals surface area contributed by atoms with Crippen molar-refractivity contribution in [3.05, 3.63) is 24.3 Å². The van der Waals surface area contributed by atoms with Gasteiger partial charge in [0.2, 0.25) is 53.2 Å². The monoisotopic (exact) mass is 1500 g/mol. The SMILES string of the molecule is CNC(=O)CCOCCOCCOCCOCCCC(=O)C(CCCCNC(=O)CCN1C(=O)CC(S)C1=O)NC(=O)CCN1C(=O)CC(SC)C1=O.CNC(=O)CCOCCOCCOCCOCCCC(=O)C(CCCCNC(O)CCN1C(=O)C=CC1=O)NC(=O)CCN1C(=O)C=CC1=O. The molecule has 7 N–H and O–H groups in total. The van der Waals surface area contributed by atoms with Gasteiger partial charge in [0.25, 0.3) is 23.6 Å². The second-order valence-corrected chi connectivity index (χ2v) is 25.4. The predicted octanol–water partition coefficient (Wildman–Crippen LogP) is -1.63. The largest absolute Gasteiger partial charge is 0.379 e. The molecule has 4 aliphatic heterocycles. The Morgan fingerprint density at radius 3 is 1.20 bits per heavy atom. The number of nitrogens with one attached hydrogen (secondary N) is 6. The van der Waals surface area contributed by atoms with Crippen molar-refractivity contribution in [2.24, 2.45) is 0 Å². The molecule has 5 atom stereocenters. The summed E-state index contributed by atoms with van der Waals surface area (Å²) in [7, 11) is 3.14. The molecule has 0 radical (unpaired) electrons. The van der Waals surface area contributed by atoms with E-state index in [1.165, 1.54) is 23.9 Å². The summed E-state index contributed by atoms with van der Waals surface area (Å²) in [6, 6.07) is -1.58. The molecule has 0 aromatic carbocycles. The van der Waals surface area contributed by atoms with E-state index in [0.717, 1.165) is 31.8 Å². The van der Waals surface area contributed by atoms with Gasteiger partial charge in [-0.1, -0.05) is 0 Å². The van der Waals surface area contributed by atoms with Gasteiger partial charge in [-0.05, 0) is 64.2 Å². The second kappa shape index (κ2) is 54.6. The number of Topliss-reactive ketones (excluding diaryl/α,β-unsaturated/α-hetero) is 2. The standard InChI is InChI=1S/C34H55N5O12S2.C33H51N5O12/c1-35-28(41)10-15-49-17-19-51-21-20-50-18-16-48-14-5-7-25(40)24(37-30(43)9-13-39-32(45)23-27(53-2)34(39)47)6-3-4-11-36-29(42)8-12-38-31(44)22-26(52)33(38)46;1-34-27(40)13-18-48-20-22-50-24-23-49-21-19-47-17-4-6-26(39)25(36-29(42)12-16-38-32(45)9-10-33(38)46)5-2-3-14-35-28(41)11-15-37-30(43)7-8-31(37)44/h24,26-27,52H,3-23H2,1-2H3,(H,35,41)(H,36,42)(H,37,43);7-10,25,28,35,41H,2-6,11-24H2,1H3,(H,34,40)(H,36,42). The van der Waals surface area contributed by atoms with Crippen LogP contribution in [0.3, 0.4) is 0 Å². The number of aliphatic hydroxyl groups is 1. The van der Waals surface area contributed by atoms with Crippen LogP contribution in [0.25, 0.3) is 0 Å². The van der Waals surface area contributed by atoms with E-state index in [1.54, 1.807) is 20.4 Å². The van der Waals surface area contributed by atoms with E-state index < -0.39 is 70.2 Å². The highest BCUT2D eigenvalue weighted by Gasteiger charge is 2.39. The van der Waals surface area contributed by atoms with Gasteiger partial charge >= 0.3 is 0 Å². The number of thioether (sulfide) groups is 1. The lowest BCUT2D eigenvalue weighted by Gasteiger charge is -2.20. The molecule has 103 heavy (non-hydrogen) atoms. The van der Waals surface area contributed by atoms with E-state index in [1.807, 2.05) is 0 Å². The van der Waals surface area contributed by atoms with Crippen LogP contribution in [-0.4, -0.2) is 307 Å². The fraction of sp³-hybridized carbons (Fsp3) is 0.716. The van der Waals surface area contributed by atoms with Crippen molar-refractivity contribution < 1.29 is 115 Å². The first-order chi connectivity index (χ1) is 49.6. The lowest BCUT2D eigenvalue weighted by atomic mass is 10.0. The number of aliphatic hydroxyl groups excluding tert-OH is 1. The molecule has 2 saturated heterocycles. The first kappa shape index (κ1) is 90.2. The number of imide groups is 4. The zero-order chi connectivity index (χ0) is 75.6. The van der Waals surface area contributed by atoms with Crippen LogP contribution in [0.5, 0.6) is 0 Å². The first-order valence-electron chi connectivity index (χ1n) is 34.9. The van der Waals surface area contributed by atoms with Crippen molar-refractivity contribution >= 4 is 113 Å². The third kappa shape index (κ3) is 39.1. The summed E-state index contributed by atoms with van der Waals surface area (Å²) in [6.07, 6.45) is 10.0. The Hall–Kier alpha value is -6.97. The number of likely N-dealkylation sites (tertiary alicyclic amines) is 2. The number of carbonyl (C=O) groups excluding carboxylic acids is 15. The summed E-state index contributed by atoms with van der Waals surface area (Å²) >= 11 is 5.36. The van der Waals surface area contributed by atoms with Crippen LogP contribution in [0, 0.1) is 0 Å². The maximum atomic E-state index is 13.2. The number of carbonyl (C=O) groups is 15. The molecule has 5 unspecified atom stereocenters. The van der Waals surface area contributed by atoms with E-state index in [0.29, 0.717) is 183 Å². The Labute approximate surface area is 610 Å². The fourth-order valence-corrected chi connectivity index (χ4v) is 11.0. The molecule has 4 heterocycles. The van der Waals surface area contributed by atoms with Gasteiger partial charge in [-0.15, -0.1) is 0 Å². The summed E-state index contributed by atoms with van der Waals surface area (Å²) in [6.45, 7) is 6.35. The van der Waals surface area contributed by atoms with Crippen LogP contribution < -0.4 is 31.9 Å². The van der Waals surface area contributed by atoms with Crippen molar-refractivity contribution in [2.45, 2.75) is 144 Å². The van der Waals surface area contributed by atoms with Crippen molar-refractivity contribution in [2.75, 3.05) is 165 Å². The molecule has 580 valence electrons. The molecule has 34 nitrogen and oxygen atoms in total. The molecule has 0 spiro atoms. The van der Waals surface area contributed by atoms with Gasteiger partial charge in [0.05, 0.1) is 115 Å². The number of hydrogen-bond acceptors (Lipinski definition) is 27. The number of nitrogens with zero attached hydrogens (tertiary/aromatic N) is 4. The lowest BCUT2D eigenvalue weighted by molar-refractivity contribution is -0.140. The van der Waals surface area contributed by atoms with Crippen LogP contribution in [0.1, 0.15) is 116 Å². The number of hydrogen-bond donors (Lipinski definition) is 8. The molecule has 36 heteroatoms. The normalized spacial score (nSPS) is 16.6. The third-order valence-corrected chi connectivity index (χ3v) is 17.3. The van der Waals surface area contributed by atoms with Gasteiger partial charge in [0.1, 0.15) is 6.23 Å². The minimum Gasteiger partial charge on any atom is -0.379 e. The smallest absolute Gasteiger partial charge is 0.253 e. The highest BCUT2D eigenvalue weighted by molar-refractivity contribution is 8.00. The first-order valence-corrected chi connectivity index (χ1v) is 36.7. The number of amides is 13. The molecule has 4 rings (SSSR count). The van der Waals surface area contributed by atoms with Gasteiger partial charge in [0, 0.05) is 149 Å². The average molecular weight is 1500 g/mol. The van der Waals surface area contributed by atoms with Gasteiger partial charge in [-0.2, -0.15) is 24.4 Å². The van der Waals surface area contributed by atoms with Crippen molar-refractivity contribution in [1.29, 1.82) is 0 Å². The molecule has 2 fully saturated rings. The third-order valence-electron chi connectivity index (χ3n) is 16.0. The summed E-state index contributed by atoms with van der Waals surface area (Å²) in [5, 5.41) is 25.2. The van der Waals surface area contributed by atoms with E-state index in [2.05, 4.69) is 44.5 Å². The minimum atomic E-state index is -0.935. The number of thiol groups is 1. The lowest BCUT2D eigenvalue weighted by Crippen LogP contribution is -2.43. The van der Waals surface area contributed by atoms with Crippen LogP contribution in [0.4, 0.5) is 0 Å². The van der Waals surface area contributed by atoms with Gasteiger partial charge in [0.15, 0.2) is 11.6 Å². The van der Waals surface area contributed by atoms with E-state index in [-0.39, 0.29) is 125 Å². The minimum absolute atomic E-state index is 0.0122. The van der Waals surface area contributed by atoms with Crippen molar-refractivity contribution in [1.82, 2.24) is 51.5 Å². The zero-order valence-electron chi connectivity index (χ0n) is 59.5. The highest BCUT2D eigenvalue weighted by Crippen LogP contribution is 2.23. The quantitative estimate of drug-likeness (QED) is 0.0147. The molecule has 4 aliphatic rings. The predicted molar refractivity (Wildman–Crippen MR) is 374 cm³/mol. The maximum Gasteiger partial charge on any atom is 0.253 e. The molecule has 0 aromatic rings. The van der Waals surface area contributed by atoms with E-state index in [9.17, 15) is 77.0 Å². The van der Waals surface area contributed by atoms with E-state index >= 15 is 0 Å². The Balaban J connectivity index is 0.000000536. The van der Waals surface area contributed by atoms with E-state index in [4.69, 9.17) is 37.9 Å². The number of ether oxygens (including phenoxy) is 8. The zero-order valence-corrected chi connectivity index (χ0v) is 61.2. The summed E-state index contributed by atoms with van der Waals surface area (Å²) < 4.78 is 43.4. The summed E-state index contributed by atoms with van der Waals surface area (Å²) in [4.78, 5) is 186. The van der Waals surface area contributed by atoms with Gasteiger partial charge < -0.3 is 69.6 Å². The van der Waals surface area contributed by atoms with Crippen LogP contribution >= 0.6 is 24.4 Å². The highest BCUT2D eigenvalue weighted by atomic mass is 32.2. The molecular weight excluding hydrogens is 1390 g/mol. The Morgan fingerprint density at radius 1 is 0.437 bits per heavy atom. The van der Waals surface area contributed by atoms with Crippen LogP contribution in [0.2, 0.25) is 0 Å². The maximum absolute atomic E-state index is 13.2. The van der Waals surface area contributed by atoms with Crippen molar-refractivity contribution in [3.63, 3.8) is 0 Å². The Bertz CT molecular complexity index is 2770. The molecule has 13 amide bonds. The molecular formula is C67H106N10O24S2. The molecule has 0 aliphatic carbocycles. The van der Waals surface area contributed by atoms with Crippen LogP contribution in [0.15, 0.2) is 24.3 Å². The molecule has 0 aromatic heterocycles. The van der Waals surface area contributed by atoms with Crippen molar-refractivity contribution in [3.8, 4) is 0 Å². The number of rotatable bonds is 60. The summed E-state index contributed by atoms with van der Waals surface area (Å²) in [5.74, 6) is -4.95. The van der Waals surface area contributed by atoms with Gasteiger partial charge in [-0.3, -0.25) is 96.8 Å². The number of ketones is 2.